The molecule has 0 radical (unpaired) electrons. The van der Waals surface area contributed by atoms with Gasteiger partial charge in [0.2, 0.25) is 0 Å². The van der Waals surface area contributed by atoms with E-state index in [4.69, 9.17) is 16.3 Å². The summed E-state index contributed by atoms with van der Waals surface area (Å²) in [6, 6.07) is 11.8. The minimum Gasteiger partial charge on any atom is -0.486 e. The maximum atomic E-state index is 13.0. The van der Waals surface area contributed by atoms with Gasteiger partial charge in [0.1, 0.15) is 17.7 Å². The second-order valence-corrected chi connectivity index (χ2v) is 4.76. The van der Waals surface area contributed by atoms with E-state index < -0.39 is 4.92 Å². The summed E-state index contributed by atoms with van der Waals surface area (Å²) in [4.78, 5) is 10.1. The van der Waals surface area contributed by atoms with Crippen LogP contribution in [0.5, 0.6) is 5.75 Å². The summed E-state index contributed by atoms with van der Waals surface area (Å²) in [5.74, 6) is 0.563. The van der Waals surface area contributed by atoms with E-state index in [0.29, 0.717) is 18.1 Å². The number of rotatable bonds is 6. The van der Waals surface area contributed by atoms with Crippen LogP contribution in [-0.4, -0.2) is 10.8 Å². The van der Waals surface area contributed by atoms with Crippen molar-refractivity contribution in [2.75, 3.05) is 5.88 Å². The van der Waals surface area contributed by atoms with E-state index in [-0.39, 0.29) is 17.6 Å². The lowest BCUT2D eigenvalue weighted by atomic mass is 10.1. The van der Waals surface area contributed by atoms with Crippen molar-refractivity contribution in [2.45, 2.75) is 12.5 Å². The summed E-state index contributed by atoms with van der Waals surface area (Å²) in [6.45, 7) is 0. The van der Waals surface area contributed by atoms with Gasteiger partial charge in [0.05, 0.1) is 4.92 Å². The van der Waals surface area contributed by atoms with Crippen LogP contribution in [0.2, 0.25) is 0 Å². The van der Waals surface area contributed by atoms with Crippen LogP contribution in [-0.2, 0) is 0 Å². The second kappa shape index (κ2) is 7.04. The lowest BCUT2D eigenvalue weighted by Crippen LogP contribution is -2.08. The zero-order valence-corrected chi connectivity index (χ0v) is 11.8. The molecule has 0 bridgehead atoms. The van der Waals surface area contributed by atoms with Gasteiger partial charge >= 0.3 is 0 Å². The number of hydrogen-bond acceptors (Lipinski definition) is 3. The van der Waals surface area contributed by atoms with Crippen molar-refractivity contribution < 1.29 is 14.1 Å². The van der Waals surface area contributed by atoms with Gasteiger partial charge in [0.15, 0.2) is 0 Å². The van der Waals surface area contributed by atoms with E-state index in [0.717, 1.165) is 5.56 Å². The fourth-order valence-corrected chi connectivity index (χ4v) is 2.08. The molecule has 110 valence electrons. The van der Waals surface area contributed by atoms with Crippen LogP contribution in [0, 0.1) is 15.9 Å². The van der Waals surface area contributed by atoms with Crippen molar-refractivity contribution in [3.63, 3.8) is 0 Å². The highest BCUT2D eigenvalue weighted by Gasteiger charge is 2.14. The number of nitro groups is 1. The minimum atomic E-state index is -0.472. The normalized spacial score (nSPS) is 11.9. The van der Waals surface area contributed by atoms with E-state index in [1.54, 1.807) is 12.1 Å². The number of non-ortho nitro benzene ring substituents is 1. The Bertz CT molecular complexity index is 601. The van der Waals surface area contributed by atoms with Crippen molar-refractivity contribution in [1.82, 2.24) is 0 Å². The van der Waals surface area contributed by atoms with Crippen LogP contribution >= 0.6 is 11.6 Å². The highest BCUT2D eigenvalue weighted by Crippen LogP contribution is 2.27. The highest BCUT2D eigenvalue weighted by atomic mass is 35.5. The Balaban J connectivity index is 2.15. The van der Waals surface area contributed by atoms with Gasteiger partial charge in [0, 0.05) is 24.4 Å². The first kappa shape index (κ1) is 15.3. The van der Waals surface area contributed by atoms with Gasteiger partial charge in [0.25, 0.3) is 5.69 Å². The van der Waals surface area contributed by atoms with Crippen molar-refractivity contribution in [1.29, 1.82) is 0 Å². The number of nitrogens with zero attached hydrogens (tertiary/aromatic N) is 1. The molecule has 0 saturated heterocycles. The molecule has 0 aliphatic heterocycles. The Hall–Kier alpha value is -2.14. The Morgan fingerprint density at radius 3 is 2.29 bits per heavy atom. The predicted octanol–water partition coefficient (Wildman–Crippen LogP) is 4.48. The SMILES string of the molecule is O=[N+]([O-])c1ccc(O[C@@H](CCCl)c2ccc(F)cc2)cc1. The Morgan fingerprint density at radius 1 is 1.14 bits per heavy atom. The minimum absolute atomic E-state index is 0.00183. The molecule has 0 aromatic heterocycles. The lowest BCUT2D eigenvalue weighted by molar-refractivity contribution is -0.384. The average Bonchev–Trinajstić information content (AvgIpc) is 2.48. The quantitative estimate of drug-likeness (QED) is 0.449. The van der Waals surface area contributed by atoms with E-state index in [1.165, 1.54) is 36.4 Å². The molecule has 0 aliphatic rings. The molecule has 6 heteroatoms. The molecule has 0 fully saturated rings. The second-order valence-electron chi connectivity index (χ2n) is 4.39. The first-order valence-electron chi connectivity index (χ1n) is 6.32. The fraction of sp³-hybridized carbons (Fsp3) is 0.200. The van der Waals surface area contributed by atoms with Gasteiger partial charge in [-0.3, -0.25) is 10.1 Å². The Labute approximate surface area is 126 Å². The molecule has 0 N–H and O–H groups in total. The molecule has 0 amide bonds. The van der Waals surface area contributed by atoms with Crippen LogP contribution in [0.1, 0.15) is 18.1 Å². The van der Waals surface area contributed by atoms with E-state index in [9.17, 15) is 14.5 Å². The fourth-order valence-electron chi connectivity index (χ4n) is 1.88. The largest absolute Gasteiger partial charge is 0.486 e. The van der Waals surface area contributed by atoms with E-state index in [2.05, 4.69) is 0 Å². The van der Waals surface area contributed by atoms with Crippen LogP contribution in [0.15, 0.2) is 48.5 Å². The van der Waals surface area contributed by atoms with Crippen LogP contribution in [0.25, 0.3) is 0 Å². The van der Waals surface area contributed by atoms with Crippen molar-refractivity contribution in [3.8, 4) is 5.75 Å². The third kappa shape index (κ3) is 4.16. The molecule has 21 heavy (non-hydrogen) atoms. The van der Waals surface area contributed by atoms with Crippen LogP contribution in [0.4, 0.5) is 10.1 Å². The molecule has 2 rings (SSSR count). The summed E-state index contributed by atoms with van der Waals surface area (Å²) in [6.07, 6.45) is 0.217. The van der Waals surface area contributed by atoms with Crippen LogP contribution in [0.3, 0.4) is 0 Å². The third-order valence-electron chi connectivity index (χ3n) is 2.94. The molecule has 0 aliphatic carbocycles. The summed E-state index contributed by atoms with van der Waals surface area (Å²) < 4.78 is 18.7. The summed E-state index contributed by atoms with van der Waals surface area (Å²) >= 11 is 5.77. The van der Waals surface area contributed by atoms with Gasteiger partial charge in [-0.1, -0.05) is 12.1 Å². The smallest absolute Gasteiger partial charge is 0.269 e. The zero-order chi connectivity index (χ0) is 15.2. The van der Waals surface area contributed by atoms with Crippen molar-refractivity contribution in [2.24, 2.45) is 0 Å². The molecule has 4 nitrogen and oxygen atoms in total. The third-order valence-corrected chi connectivity index (χ3v) is 3.16. The van der Waals surface area contributed by atoms with E-state index >= 15 is 0 Å². The maximum absolute atomic E-state index is 13.0. The Kier molecular flexibility index (Phi) is 5.11. The Morgan fingerprint density at radius 2 is 1.76 bits per heavy atom. The average molecular weight is 310 g/mol. The standard InChI is InChI=1S/C15H13ClFNO3/c16-10-9-15(11-1-3-12(17)4-2-11)21-14-7-5-13(6-8-14)18(19)20/h1-8,15H,9-10H2/t15-/m0/s1. The van der Waals surface area contributed by atoms with E-state index in [1.807, 2.05) is 0 Å². The first-order valence-corrected chi connectivity index (χ1v) is 6.86. The number of alkyl halides is 1. The highest BCUT2D eigenvalue weighted by molar-refractivity contribution is 6.17. The van der Waals surface area contributed by atoms with Crippen molar-refractivity contribution in [3.05, 3.63) is 70.0 Å². The van der Waals surface area contributed by atoms with Gasteiger partial charge in [-0.25, -0.2) is 4.39 Å². The molecule has 0 unspecified atom stereocenters. The number of ether oxygens (including phenoxy) is 1. The number of halogens is 2. The maximum Gasteiger partial charge on any atom is 0.269 e. The topological polar surface area (TPSA) is 52.4 Å². The molecular formula is C15H13ClFNO3. The molecular weight excluding hydrogens is 297 g/mol. The molecule has 0 spiro atoms. The molecule has 2 aromatic rings. The predicted molar refractivity (Wildman–Crippen MR) is 78.2 cm³/mol. The first-order chi connectivity index (χ1) is 10.1. The van der Waals surface area contributed by atoms with Gasteiger partial charge < -0.3 is 4.74 Å². The van der Waals surface area contributed by atoms with Crippen LogP contribution < -0.4 is 4.74 Å². The van der Waals surface area contributed by atoms with Gasteiger partial charge in [-0.05, 0) is 29.8 Å². The molecule has 1 atom stereocenters. The molecule has 0 saturated carbocycles. The number of hydrogen-bond donors (Lipinski definition) is 0. The zero-order valence-electron chi connectivity index (χ0n) is 11.0. The molecule has 0 heterocycles. The number of nitro benzene ring substituents is 1. The van der Waals surface area contributed by atoms with Gasteiger partial charge in [-0.2, -0.15) is 0 Å². The summed E-state index contributed by atoms with van der Waals surface area (Å²) in [7, 11) is 0. The summed E-state index contributed by atoms with van der Waals surface area (Å²) in [5.41, 5.74) is 0.799. The molecule has 2 aromatic carbocycles. The lowest BCUT2D eigenvalue weighted by Gasteiger charge is -2.18. The number of benzene rings is 2. The monoisotopic (exact) mass is 309 g/mol. The summed E-state index contributed by atoms with van der Waals surface area (Å²) in [5, 5.41) is 10.6. The van der Waals surface area contributed by atoms with Gasteiger partial charge in [-0.15, -0.1) is 11.6 Å². The van der Waals surface area contributed by atoms with Crippen molar-refractivity contribution >= 4 is 17.3 Å².